The van der Waals surface area contributed by atoms with Crippen LogP contribution in [0.15, 0.2) is 4.99 Å². The molecule has 4 nitrogen and oxygen atoms in total. The van der Waals surface area contributed by atoms with Gasteiger partial charge < -0.3 is 10.8 Å². The summed E-state index contributed by atoms with van der Waals surface area (Å²) >= 11 is 0. The van der Waals surface area contributed by atoms with Gasteiger partial charge in [0.1, 0.15) is 6.04 Å². The summed E-state index contributed by atoms with van der Waals surface area (Å²) in [6.07, 6.45) is 1.18. The van der Waals surface area contributed by atoms with Crippen molar-refractivity contribution < 1.29 is 9.90 Å². The van der Waals surface area contributed by atoms with Crippen molar-refractivity contribution >= 4 is 24.2 Å². The molecule has 0 amide bonds. The van der Waals surface area contributed by atoms with E-state index in [0.717, 1.165) is 0 Å². The van der Waals surface area contributed by atoms with Crippen LogP contribution >= 0.6 is 12.4 Å². The van der Waals surface area contributed by atoms with Crippen molar-refractivity contribution in [2.24, 2.45) is 10.7 Å². The van der Waals surface area contributed by atoms with Gasteiger partial charge in [-0.3, -0.25) is 4.99 Å². The number of carbonyl (C=O) groups is 1. The van der Waals surface area contributed by atoms with Crippen LogP contribution in [0.25, 0.3) is 0 Å². The van der Waals surface area contributed by atoms with E-state index in [1.807, 2.05) is 0 Å². The smallest absolute Gasteiger partial charge is 0.328 e. The topological polar surface area (TPSA) is 75.7 Å². The molecule has 0 fully saturated rings. The summed E-state index contributed by atoms with van der Waals surface area (Å²) < 4.78 is 0. The van der Waals surface area contributed by atoms with Crippen molar-refractivity contribution in [3.8, 4) is 0 Å². The fraction of sp³-hybridized carbons (Fsp3) is 0.600. The Morgan fingerprint density at radius 1 is 1.80 bits per heavy atom. The zero-order chi connectivity index (χ0) is 6.85. The summed E-state index contributed by atoms with van der Waals surface area (Å²) in [5.74, 6) is -0.419. The Balaban J connectivity index is 0.000000810. The van der Waals surface area contributed by atoms with E-state index in [0.29, 0.717) is 18.7 Å². The molecular weight excluding hydrogens is 156 g/mol. The molecule has 1 rings (SSSR count). The summed E-state index contributed by atoms with van der Waals surface area (Å²) in [4.78, 5) is 13.9. The van der Waals surface area contributed by atoms with Crippen molar-refractivity contribution in [3.05, 3.63) is 0 Å². The van der Waals surface area contributed by atoms with Crippen LogP contribution in [0.2, 0.25) is 0 Å². The molecule has 1 aliphatic heterocycles. The number of amidine groups is 1. The fourth-order valence-electron chi connectivity index (χ4n) is 0.793. The van der Waals surface area contributed by atoms with E-state index in [9.17, 15) is 4.79 Å². The Morgan fingerprint density at radius 2 is 2.40 bits per heavy atom. The van der Waals surface area contributed by atoms with E-state index in [1.54, 1.807) is 0 Å². The van der Waals surface area contributed by atoms with Crippen molar-refractivity contribution in [2.75, 3.05) is 0 Å². The minimum absolute atomic E-state index is 0. The lowest BCUT2D eigenvalue weighted by molar-refractivity contribution is -0.138. The third-order valence-corrected chi connectivity index (χ3v) is 1.28. The van der Waals surface area contributed by atoms with Crippen molar-refractivity contribution in [1.82, 2.24) is 0 Å². The Kier molecular flexibility index (Phi) is 3.15. The highest BCUT2D eigenvalue weighted by molar-refractivity contribution is 5.87. The number of hydrogen-bond acceptors (Lipinski definition) is 3. The highest BCUT2D eigenvalue weighted by Gasteiger charge is 2.21. The maximum absolute atomic E-state index is 10.2. The van der Waals surface area contributed by atoms with Crippen LogP contribution in [0.1, 0.15) is 12.8 Å². The molecule has 5 heteroatoms. The first-order valence-corrected chi connectivity index (χ1v) is 2.75. The average Bonchev–Trinajstić information content (AvgIpc) is 2.14. The standard InChI is InChI=1S/C5H8N2O2.ClH/c6-4-2-1-3(7-4)5(8)9;/h3H,1-2H2,(H2,6,7)(H,8,9);1H/t3-;/m1./s1. The van der Waals surface area contributed by atoms with E-state index >= 15 is 0 Å². The lowest BCUT2D eigenvalue weighted by Gasteiger charge is -1.94. The Morgan fingerprint density at radius 3 is 2.60 bits per heavy atom. The number of nitrogens with two attached hydrogens (primary N) is 1. The van der Waals surface area contributed by atoms with Crippen molar-refractivity contribution in [2.45, 2.75) is 18.9 Å². The van der Waals surface area contributed by atoms with Crippen LogP contribution < -0.4 is 5.73 Å². The quantitative estimate of drug-likeness (QED) is 0.574. The molecule has 10 heavy (non-hydrogen) atoms. The second-order valence-electron chi connectivity index (χ2n) is 2.01. The lowest BCUT2D eigenvalue weighted by atomic mass is 10.2. The molecule has 58 valence electrons. The number of rotatable bonds is 1. The maximum atomic E-state index is 10.2. The normalized spacial score (nSPS) is 23.2. The first-order chi connectivity index (χ1) is 4.20. The molecule has 1 aliphatic rings. The molecular formula is C5H9ClN2O2. The lowest BCUT2D eigenvalue weighted by Crippen LogP contribution is -2.14. The summed E-state index contributed by atoms with van der Waals surface area (Å²) in [6, 6.07) is -0.579. The van der Waals surface area contributed by atoms with Crippen molar-refractivity contribution in [3.63, 3.8) is 0 Å². The van der Waals surface area contributed by atoms with Gasteiger partial charge >= 0.3 is 5.97 Å². The summed E-state index contributed by atoms with van der Waals surface area (Å²) in [5, 5.41) is 8.37. The molecule has 0 bridgehead atoms. The molecule has 0 aromatic rings. The Bertz CT molecular complexity index is 169. The second-order valence-corrected chi connectivity index (χ2v) is 2.01. The average molecular weight is 165 g/mol. The molecule has 0 aliphatic carbocycles. The van der Waals surface area contributed by atoms with Gasteiger partial charge in [-0.2, -0.15) is 0 Å². The molecule has 0 aromatic carbocycles. The van der Waals surface area contributed by atoms with E-state index in [2.05, 4.69) is 4.99 Å². The van der Waals surface area contributed by atoms with Gasteiger partial charge in [0.15, 0.2) is 0 Å². The van der Waals surface area contributed by atoms with Gasteiger partial charge in [0.2, 0.25) is 0 Å². The number of halogens is 1. The molecule has 0 radical (unpaired) electrons. The van der Waals surface area contributed by atoms with E-state index in [1.165, 1.54) is 0 Å². The first-order valence-electron chi connectivity index (χ1n) is 2.75. The number of hydrogen-bond donors (Lipinski definition) is 2. The molecule has 0 unspecified atom stereocenters. The van der Waals surface area contributed by atoms with Gasteiger partial charge in [-0.25, -0.2) is 4.79 Å². The van der Waals surface area contributed by atoms with Gasteiger partial charge in [0, 0.05) is 6.42 Å². The third kappa shape index (κ3) is 1.88. The zero-order valence-corrected chi connectivity index (χ0v) is 6.10. The highest BCUT2D eigenvalue weighted by atomic mass is 35.5. The Hall–Kier alpha value is -0.770. The van der Waals surface area contributed by atoms with Gasteiger partial charge in [-0.1, -0.05) is 0 Å². The fourth-order valence-corrected chi connectivity index (χ4v) is 0.793. The number of carboxylic acid groups (broad SMARTS) is 1. The maximum Gasteiger partial charge on any atom is 0.328 e. The van der Waals surface area contributed by atoms with Crippen LogP contribution in [0.3, 0.4) is 0 Å². The molecule has 1 atom stereocenters. The van der Waals surface area contributed by atoms with Gasteiger partial charge in [-0.15, -0.1) is 12.4 Å². The monoisotopic (exact) mass is 164 g/mol. The van der Waals surface area contributed by atoms with Crippen molar-refractivity contribution in [1.29, 1.82) is 0 Å². The first kappa shape index (κ1) is 9.23. The van der Waals surface area contributed by atoms with Crippen LogP contribution in [0.5, 0.6) is 0 Å². The minimum atomic E-state index is -0.879. The van der Waals surface area contributed by atoms with Gasteiger partial charge in [0.05, 0.1) is 5.84 Å². The van der Waals surface area contributed by atoms with Crippen LogP contribution in [0, 0.1) is 0 Å². The zero-order valence-electron chi connectivity index (χ0n) is 5.28. The molecule has 1 heterocycles. The van der Waals surface area contributed by atoms with E-state index < -0.39 is 12.0 Å². The summed E-state index contributed by atoms with van der Waals surface area (Å²) in [7, 11) is 0. The molecule has 0 aromatic heterocycles. The van der Waals surface area contributed by atoms with Crippen LogP contribution in [0.4, 0.5) is 0 Å². The number of nitrogens with zero attached hydrogens (tertiary/aromatic N) is 1. The predicted octanol–water partition coefficient (Wildman–Crippen LogP) is 0.0124. The summed E-state index contributed by atoms with van der Waals surface area (Å²) in [6.45, 7) is 0. The highest BCUT2D eigenvalue weighted by Crippen LogP contribution is 2.09. The van der Waals surface area contributed by atoms with E-state index in [-0.39, 0.29) is 12.4 Å². The number of carboxylic acids is 1. The van der Waals surface area contributed by atoms with Crippen LogP contribution in [-0.4, -0.2) is 23.0 Å². The number of aliphatic imine (C=N–C) groups is 1. The predicted molar refractivity (Wildman–Crippen MR) is 39.5 cm³/mol. The van der Waals surface area contributed by atoms with Crippen LogP contribution in [-0.2, 0) is 4.79 Å². The molecule has 0 saturated heterocycles. The van der Waals surface area contributed by atoms with E-state index in [4.69, 9.17) is 10.8 Å². The molecule has 3 N–H and O–H groups in total. The van der Waals surface area contributed by atoms with Gasteiger partial charge in [0.25, 0.3) is 0 Å². The molecule has 0 saturated carbocycles. The second kappa shape index (κ2) is 3.41. The minimum Gasteiger partial charge on any atom is -0.480 e. The largest absolute Gasteiger partial charge is 0.480 e. The third-order valence-electron chi connectivity index (χ3n) is 1.28. The summed E-state index contributed by atoms with van der Waals surface area (Å²) in [5.41, 5.74) is 5.25. The molecule has 0 spiro atoms. The number of aliphatic carboxylic acids is 1. The van der Waals surface area contributed by atoms with Gasteiger partial charge in [-0.05, 0) is 6.42 Å². The Labute approximate surface area is 64.5 Å². The SMILES string of the molecule is Cl.NC1=N[C@@H](C(=O)O)CC1.